The minimum absolute atomic E-state index is 0.181. The molecule has 1 aromatic rings. The topological polar surface area (TPSA) is 68.1 Å². The highest BCUT2D eigenvalue weighted by Gasteiger charge is 1.89. The van der Waals surface area contributed by atoms with E-state index >= 15 is 0 Å². The molecule has 0 aliphatic rings. The fourth-order valence-corrected chi connectivity index (χ4v) is 0.424. The van der Waals surface area contributed by atoms with Crippen molar-refractivity contribution in [1.29, 1.82) is 0 Å². The maximum absolute atomic E-state index is 9.67. The molecule has 0 amide bonds. The van der Waals surface area contributed by atoms with Crippen LogP contribution in [-0.4, -0.2) is 21.3 Å². The molecule has 10 heavy (non-hydrogen) atoms. The lowest BCUT2D eigenvalue weighted by molar-refractivity contribution is 0.565. The first-order valence-electron chi connectivity index (χ1n) is 2.57. The van der Waals surface area contributed by atoms with E-state index in [4.69, 9.17) is 0 Å². The predicted octanol–water partition coefficient (Wildman–Crippen LogP) is 0.147. The molecule has 5 nitrogen and oxygen atoms in total. The zero-order chi connectivity index (χ0) is 7.40. The Labute approximate surface area is 56.8 Å². The first-order chi connectivity index (χ1) is 4.83. The van der Waals surface area contributed by atoms with Gasteiger partial charge in [0.25, 0.3) is 0 Å². The van der Waals surface area contributed by atoms with Crippen molar-refractivity contribution in [2.75, 3.05) is 0 Å². The molecule has 0 saturated heterocycles. The molecule has 0 aromatic carbocycles. The van der Waals surface area contributed by atoms with Crippen LogP contribution < -0.4 is 0 Å². The van der Waals surface area contributed by atoms with E-state index in [0.717, 1.165) is 0 Å². The Morgan fingerprint density at radius 3 is 2.90 bits per heavy atom. The normalized spacial score (nSPS) is 8.50. The van der Waals surface area contributed by atoms with Gasteiger partial charge in [-0.1, -0.05) is 0 Å². The SMILES string of the molecule is Cc1ncc(N=C=O)nn1. The predicted molar refractivity (Wildman–Crippen MR) is 32.3 cm³/mol. The maximum atomic E-state index is 9.67. The molecule has 1 aromatic heterocycles. The number of nitrogens with zero attached hydrogens (tertiary/aromatic N) is 4. The Hall–Kier alpha value is -1.61. The van der Waals surface area contributed by atoms with E-state index in [9.17, 15) is 4.79 Å². The molecular weight excluding hydrogens is 132 g/mol. The second-order valence-electron chi connectivity index (χ2n) is 1.57. The van der Waals surface area contributed by atoms with Gasteiger partial charge >= 0.3 is 0 Å². The van der Waals surface area contributed by atoms with Crippen LogP contribution in [0.3, 0.4) is 0 Å². The molecule has 0 saturated carbocycles. The first-order valence-corrected chi connectivity index (χ1v) is 2.57. The van der Waals surface area contributed by atoms with Gasteiger partial charge in [-0.15, -0.1) is 15.2 Å². The minimum Gasteiger partial charge on any atom is -0.236 e. The van der Waals surface area contributed by atoms with E-state index in [0.29, 0.717) is 5.82 Å². The number of isocyanates is 1. The molecular formula is C5H4N4O. The summed E-state index contributed by atoms with van der Waals surface area (Å²) in [7, 11) is 0. The molecule has 0 aliphatic carbocycles. The van der Waals surface area contributed by atoms with Gasteiger partial charge in [-0.05, 0) is 6.92 Å². The molecule has 0 atom stereocenters. The van der Waals surface area contributed by atoms with Gasteiger partial charge < -0.3 is 0 Å². The standard InChI is InChI=1S/C5H4N4O/c1-4-6-2-5(7-3-10)9-8-4/h2H,1H3. The molecule has 0 N–H and O–H groups in total. The average molecular weight is 136 g/mol. The van der Waals surface area contributed by atoms with Gasteiger partial charge in [0.2, 0.25) is 11.9 Å². The maximum Gasteiger partial charge on any atom is 0.242 e. The summed E-state index contributed by atoms with van der Waals surface area (Å²) in [5, 5.41) is 7.09. The van der Waals surface area contributed by atoms with Crippen LogP contribution in [0.15, 0.2) is 11.2 Å². The van der Waals surface area contributed by atoms with E-state index in [1.807, 2.05) is 0 Å². The van der Waals surface area contributed by atoms with Gasteiger partial charge in [-0.25, -0.2) is 9.78 Å². The van der Waals surface area contributed by atoms with Gasteiger partial charge in [0, 0.05) is 0 Å². The Morgan fingerprint density at radius 2 is 2.40 bits per heavy atom. The third kappa shape index (κ3) is 1.43. The van der Waals surface area contributed by atoms with E-state index in [-0.39, 0.29) is 5.82 Å². The monoisotopic (exact) mass is 136 g/mol. The van der Waals surface area contributed by atoms with Crippen LogP contribution in [0.25, 0.3) is 0 Å². The lowest BCUT2D eigenvalue weighted by atomic mass is 10.7. The second-order valence-corrected chi connectivity index (χ2v) is 1.57. The fourth-order valence-electron chi connectivity index (χ4n) is 0.424. The quantitative estimate of drug-likeness (QED) is 0.407. The number of rotatable bonds is 1. The van der Waals surface area contributed by atoms with Crippen molar-refractivity contribution in [3.05, 3.63) is 12.0 Å². The first kappa shape index (κ1) is 6.51. The van der Waals surface area contributed by atoms with Crippen molar-refractivity contribution in [2.24, 2.45) is 4.99 Å². The van der Waals surface area contributed by atoms with Gasteiger partial charge in [0.15, 0.2) is 0 Å². The van der Waals surface area contributed by atoms with E-state index in [2.05, 4.69) is 20.2 Å². The van der Waals surface area contributed by atoms with Crippen LogP contribution >= 0.6 is 0 Å². The zero-order valence-corrected chi connectivity index (χ0v) is 5.27. The summed E-state index contributed by atoms with van der Waals surface area (Å²) in [5.74, 6) is 0.727. The summed E-state index contributed by atoms with van der Waals surface area (Å²) in [5.41, 5.74) is 0. The van der Waals surface area contributed by atoms with Gasteiger partial charge in [-0.3, -0.25) is 0 Å². The van der Waals surface area contributed by atoms with Crippen molar-refractivity contribution >= 4 is 11.9 Å². The second kappa shape index (κ2) is 2.80. The molecule has 1 heterocycles. The van der Waals surface area contributed by atoms with Crippen molar-refractivity contribution in [3.8, 4) is 0 Å². The Kier molecular flexibility index (Phi) is 1.82. The summed E-state index contributed by atoms with van der Waals surface area (Å²) < 4.78 is 0. The third-order valence-corrected chi connectivity index (χ3v) is 0.824. The van der Waals surface area contributed by atoms with E-state index < -0.39 is 0 Å². The highest BCUT2D eigenvalue weighted by Crippen LogP contribution is 1.99. The van der Waals surface area contributed by atoms with E-state index in [1.165, 1.54) is 12.3 Å². The van der Waals surface area contributed by atoms with Crippen molar-refractivity contribution in [3.63, 3.8) is 0 Å². The summed E-state index contributed by atoms with van der Waals surface area (Å²) in [6.07, 6.45) is 2.69. The largest absolute Gasteiger partial charge is 0.242 e. The fraction of sp³-hybridized carbons (Fsp3) is 0.200. The molecule has 0 aliphatic heterocycles. The third-order valence-electron chi connectivity index (χ3n) is 0.824. The van der Waals surface area contributed by atoms with Crippen molar-refractivity contribution < 1.29 is 4.79 Å². The van der Waals surface area contributed by atoms with Crippen molar-refractivity contribution in [2.45, 2.75) is 6.92 Å². The number of aliphatic imine (C=N–C) groups is 1. The minimum atomic E-state index is 0.181. The molecule has 0 radical (unpaired) electrons. The highest BCUT2D eigenvalue weighted by molar-refractivity contribution is 5.42. The zero-order valence-electron chi connectivity index (χ0n) is 5.27. The molecule has 1 rings (SSSR count). The van der Waals surface area contributed by atoms with Gasteiger partial charge in [0.1, 0.15) is 5.82 Å². The molecule has 5 heteroatoms. The Morgan fingerprint density at radius 1 is 1.60 bits per heavy atom. The number of carbonyl (C=O) groups excluding carboxylic acids is 1. The molecule has 0 unspecified atom stereocenters. The Bertz CT molecular complexity index is 261. The molecule has 50 valence electrons. The van der Waals surface area contributed by atoms with Gasteiger partial charge in [-0.2, -0.15) is 0 Å². The summed E-state index contributed by atoms with van der Waals surface area (Å²) in [6.45, 7) is 1.70. The van der Waals surface area contributed by atoms with Crippen LogP contribution in [0.1, 0.15) is 5.82 Å². The lowest BCUT2D eigenvalue weighted by Crippen LogP contribution is -1.88. The smallest absolute Gasteiger partial charge is 0.236 e. The van der Waals surface area contributed by atoms with E-state index in [1.54, 1.807) is 6.92 Å². The lowest BCUT2D eigenvalue weighted by Gasteiger charge is -1.86. The number of aryl methyl sites for hydroxylation is 1. The molecule has 0 bridgehead atoms. The summed E-state index contributed by atoms with van der Waals surface area (Å²) in [4.78, 5) is 16.6. The molecule has 0 spiro atoms. The highest BCUT2D eigenvalue weighted by atomic mass is 16.1. The number of aromatic nitrogens is 3. The molecule has 0 fully saturated rings. The summed E-state index contributed by atoms with van der Waals surface area (Å²) in [6, 6.07) is 0. The van der Waals surface area contributed by atoms with Crippen LogP contribution in [0.5, 0.6) is 0 Å². The van der Waals surface area contributed by atoms with Crippen LogP contribution in [0.4, 0.5) is 5.82 Å². The number of hydrogen-bond donors (Lipinski definition) is 0. The van der Waals surface area contributed by atoms with Crippen molar-refractivity contribution in [1.82, 2.24) is 15.2 Å². The Balaban J connectivity index is 3.00. The van der Waals surface area contributed by atoms with Crippen LogP contribution in [0, 0.1) is 6.92 Å². The van der Waals surface area contributed by atoms with Crippen LogP contribution in [0.2, 0.25) is 0 Å². The van der Waals surface area contributed by atoms with Crippen LogP contribution in [-0.2, 0) is 4.79 Å². The average Bonchev–Trinajstić information content (AvgIpc) is 1.95. The summed E-state index contributed by atoms with van der Waals surface area (Å²) >= 11 is 0. The van der Waals surface area contributed by atoms with Gasteiger partial charge in [0.05, 0.1) is 6.20 Å². The number of hydrogen-bond acceptors (Lipinski definition) is 5.